The molecule has 0 spiro atoms. The number of nitrogens with one attached hydrogen (secondary N) is 1. The van der Waals surface area contributed by atoms with Gasteiger partial charge in [0.05, 0.1) is 0 Å². The first-order chi connectivity index (χ1) is 10.3. The molecule has 2 aromatic rings. The molecule has 21 heavy (non-hydrogen) atoms. The Hall–Kier alpha value is -1.77. The van der Waals surface area contributed by atoms with Crippen LogP contribution < -0.4 is 5.32 Å². The first-order valence-corrected chi connectivity index (χ1v) is 8.16. The van der Waals surface area contributed by atoms with Crippen molar-refractivity contribution in [2.75, 3.05) is 5.32 Å². The highest BCUT2D eigenvalue weighted by atomic mass is 15.2. The highest BCUT2D eigenvalue weighted by Crippen LogP contribution is 2.24. The van der Waals surface area contributed by atoms with Crippen LogP contribution >= 0.6 is 0 Å². The van der Waals surface area contributed by atoms with Crippen LogP contribution in [0.3, 0.4) is 0 Å². The van der Waals surface area contributed by atoms with Gasteiger partial charge in [0, 0.05) is 24.5 Å². The SMILES string of the molecule is CC(CCc1ccccc1)n1ccnc1NC1CCCC1. The van der Waals surface area contributed by atoms with E-state index in [-0.39, 0.29) is 0 Å². The van der Waals surface area contributed by atoms with E-state index in [4.69, 9.17) is 0 Å². The Morgan fingerprint density at radius 2 is 2.00 bits per heavy atom. The lowest BCUT2D eigenvalue weighted by Gasteiger charge is -2.19. The normalized spacial score (nSPS) is 17.0. The Morgan fingerprint density at radius 1 is 1.24 bits per heavy atom. The van der Waals surface area contributed by atoms with E-state index < -0.39 is 0 Å². The maximum atomic E-state index is 4.51. The second-order valence-corrected chi connectivity index (χ2v) is 6.16. The van der Waals surface area contributed by atoms with Crippen molar-refractivity contribution in [2.24, 2.45) is 0 Å². The zero-order chi connectivity index (χ0) is 14.5. The largest absolute Gasteiger partial charge is 0.353 e. The van der Waals surface area contributed by atoms with Crippen molar-refractivity contribution in [2.45, 2.75) is 57.5 Å². The van der Waals surface area contributed by atoms with Crippen LogP contribution in [0, 0.1) is 0 Å². The number of aryl methyl sites for hydroxylation is 1. The van der Waals surface area contributed by atoms with E-state index in [1.807, 2.05) is 6.20 Å². The Morgan fingerprint density at radius 3 is 2.76 bits per heavy atom. The van der Waals surface area contributed by atoms with Gasteiger partial charge >= 0.3 is 0 Å². The number of benzene rings is 1. The van der Waals surface area contributed by atoms with Crippen LogP contribution in [0.15, 0.2) is 42.7 Å². The van der Waals surface area contributed by atoms with E-state index >= 15 is 0 Å². The van der Waals surface area contributed by atoms with Crippen molar-refractivity contribution in [1.82, 2.24) is 9.55 Å². The summed E-state index contributed by atoms with van der Waals surface area (Å²) in [6.45, 7) is 2.28. The summed E-state index contributed by atoms with van der Waals surface area (Å²) in [5, 5.41) is 3.62. The highest BCUT2D eigenvalue weighted by Gasteiger charge is 2.18. The molecule has 112 valence electrons. The minimum Gasteiger partial charge on any atom is -0.353 e. The standard InChI is InChI=1S/C18H25N3/c1-15(11-12-16-7-3-2-4-8-16)21-14-13-19-18(21)20-17-9-5-6-10-17/h2-4,7-8,13-15,17H,5-6,9-12H2,1H3,(H,19,20). The fourth-order valence-corrected chi connectivity index (χ4v) is 3.19. The molecule has 1 atom stereocenters. The van der Waals surface area contributed by atoms with Crippen molar-refractivity contribution in [3.05, 3.63) is 48.3 Å². The molecule has 1 aromatic carbocycles. The third-order valence-electron chi connectivity index (χ3n) is 4.53. The van der Waals surface area contributed by atoms with Crippen molar-refractivity contribution < 1.29 is 0 Å². The van der Waals surface area contributed by atoms with Gasteiger partial charge in [0.2, 0.25) is 5.95 Å². The van der Waals surface area contributed by atoms with Crippen molar-refractivity contribution in [1.29, 1.82) is 0 Å². The Bertz CT molecular complexity index is 541. The summed E-state index contributed by atoms with van der Waals surface area (Å²) < 4.78 is 2.29. The number of anilines is 1. The van der Waals surface area contributed by atoms with Gasteiger partial charge in [-0.15, -0.1) is 0 Å². The molecule has 3 nitrogen and oxygen atoms in total. The van der Waals surface area contributed by atoms with Crippen molar-refractivity contribution in [3.63, 3.8) is 0 Å². The first kappa shape index (κ1) is 14.2. The lowest BCUT2D eigenvalue weighted by molar-refractivity contribution is 0.508. The molecule has 1 fully saturated rings. The van der Waals surface area contributed by atoms with Gasteiger partial charge < -0.3 is 9.88 Å². The molecule has 1 unspecified atom stereocenters. The maximum Gasteiger partial charge on any atom is 0.203 e. The molecular weight excluding hydrogens is 258 g/mol. The summed E-state index contributed by atoms with van der Waals surface area (Å²) in [5.41, 5.74) is 1.41. The van der Waals surface area contributed by atoms with E-state index in [1.165, 1.54) is 31.2 Å². The minimum atomic E-state index is 0.469. The van der Waals surface area contributed by atoms with E-state index in [2.05, 4.69) is 58.3 Å². The molecule has 1 saturated carbocycles. The van der Waals surface area contributed by atoms with E-state index in [0.29, 0.717) is 12.1 Å². The molecule has 1 aromatic heterocycles. The molecule has 1 heterocycles. The van der Waals surface area contributed by atoms with Crippen LogP contribution in [0.4, 0.5) is 5.95 Å². The molecule has 0 radical (unpaired) electrons. The number of rotatable bonds is 6. The van der Waals surface area contributed by atoms with Crippen LogP contribution in [0.25, 0.3) is 0 Å². The smallest absolute Gasteiger partial charge is 0.203 e. The summed E-state index contributed by atoms with van der Waals surface area (Å²) in [5.74, 6) is 1.04. The van der Waals surface area contributed by atoms with Crippen LogP contribution in [-0.2, 0) is 6.42 Å². The quantitative estimate of drug-likeness (QED) is 0.850. The van der Waals surface area contributed by atoms with Gasteiger partial charge in [0.15, 0.2) is 0 Å². The second kappa shape index (κ2) is 6.79. The number of hydrogen-bond donors (Lipinski definition) is 1. The van der Waals surface area contributed by atoms with Crippen LogP contribution in [0.5, 0.6) is 0 Å². The third-order valence-corrected chi connectivity index (χ3v) is 4.53. The second-order valence-electron chi connectivity index (χ2n) is 6.16. The number of nitrogens with zero attached hydrogens (tertiary/aromatic N) is 2. The van der Waals surface area contributed by atoms with Crippen molar-refractivity contribution in [3.8, 4) is 0 Å². The van der Waals surface area contributed by atoms with Gasteiger partial charge in [-0.1, -0.05) is 43.2 Å². The summed E-state index contributed by atoms with van der Waals surface area (Å²) >= 11 is 0. The third kappa shape index (κ3) is 3.66. The van der Waals surface area contributed by atoms with Crippen LogP contribution in [-0.4, -0.2) is 15.6 Å². The molecule has 1 aliphatic rings. The van der Waals surface area contributed by atoms with Gasteiger partial charge in [-0.2, -0.15) is 0 Å². The van der Waals surface area contributed by atoms with E-state index in [1.54, 1.807) is 0 Å². The van der Waals surface area contributed by atoms with Gasteiger partial charge in [-0.25, -0.2) is 4.98 Å². The Balaban J connectivity index is 1.59. The topological polar surface area (TPSA) is 29.9 Å². The fraction of sp³-hybridized carbons (Fsp3) is 0.500. The number of hydrogen-bond acceptors (Lipinski definition) is 2. The summed E-state index contributed by atoms with van der Waals surface area (Å²) in [7, 11) is 0. The van der Waals surface area contributed by atoms with Gasteiger partial charge in [0.1, 0.15) is 0 Å². The Kier molecular flexibility index (Phi) is 4.59. The molecule has 0 amide bonds. The molecular formula is C18H25N3. The highest BCUT2D eigenvalue weighted by molar-refractivity contribution is 5.28. The van der Waals surface area contributed by atoms with E-state index in [9.17, 15) is 0 Å². The molecule has 3 heteroatoms. The first-order valence-electron chi connectivity index (χ1n) is 8.16. The lowest BCUT2D eigenvalue weighted by atomic mass is 10.1. The molecule has 1 N–H and O–H groups in total. The van der Waals surface area contributed by atoms with Gasteiger partial charge in [-0.05, 0) is 38.2 Å². The average molecular weight is 283 g/mol. The molecule has 3 rings (SSSR count). The predicted octanol–water partition coefficient (Wildman–Crippen LogP) is 4.43. The summed E-state index contributed by atoms with van der Waals surface area (Å²) in [6, 6.07) is 11.8. The maximum absolute atomic E-state index is 4.51. The fourth-order valence-electron chi connectivity index (χ4n) is 3.19. The zero-order valence-electron chi connectivity index (χ0n) is 12.8. The van der Waals surface area contributed by atoms with Gasteiger partial charge in [0.25, 0.3) is 0 Å². The van der Waals surface area contributed by atoms with Gasteiger partial charge in [-0.3, -0.25) is 0 Å². The lowest BCUT2D eigenvalue weighted by Crippen LogP contribution is -2.19. The zero-order valence-corrected chi connectivity index (χ0v) is 12.8. The molecule has 1 aliphatic carbocycles. The molecule has 0 saturated heterocycles. The van der Waals surface area contributed by atoms with E-state index in [0.717, 1.165) is 18.8 Å². The molecule has 0 aliphatic heterocycles. The summed E-state index contributed by atoms with van der Waals surface area (Å²) in [4.78, 5) is 4.51. The van der Waals surface area contributed by atoms with Crippen LogP contribution in [0.1, 0.15) is 50.6 Å². The summed E-state index contributed by atoms with van der Waals surface area (Å²) in [6.07, 6.45) is 11.5. The number of imidazole rings is 1. The van der Waals surface area contributed by atoms with Crippen molar-refractivity contribution >= 4 is 5.95 Å². The predicted molar refractivity (Wildman–Crippen MR) is 87.6 cm³/mol. The molecule has 0 bridgehead atoms. The monoisotopic (exact) mass is 283 g/mol. The Labute approximate surface area is 127 Å². The average Bonchev–Trinajstić information content (AvgIpc) is 3.18. The number of aromatic nitrogens is 2. The minimum absolute atomic E-state index is 0.469. The van der Waals surface area contributed by atoms with Crippen LogP contribution in [0.2, 0.25) is 0 Å².